The molecule has 2 rings (SSSR count). The van der Waals surface area contributed by atoms with E-state index in [0.717, 1.165) is 22.3 Å². The topological polar surface area (TPSA) is 40.2 Å². The van der Waals surface area contributed by atoms with Gasteiger partial charge in [0.05, 0.1) is 11.6 Å². The second-order valence-corrected chi connectivity index (χ2v) is 3.93. The number of hydrogen-bond donors (Lipinski definition) is 1. The lowest BCUT2D eigenvalue weighted by atomic mass is 10.1. The second-order valence-electron chi connectivity index (χ2n) is 3.52. The van der Waals surface area contributed by atoms with Crippen LogP contribution in [0.3, 0.4) is 0 Å². The van der Waals surface area contributed by atoms with Crippen molar-refractivity contribution in [2.24, 2.45) is 12.9 Å². The third-order valence-electron chi connectivity index (χ3n) is 2.54. The molecule has 1 heterocycles. The van der Waals surface area contributed by atoms with Gasteiger partial charge in [-0.25, -0.2) is 5.90 Å². The molecule has 3 nitrogen and oxygen atoms in total. The monoisotopic (exact) mass is 224 g/mol. The van der Waals surface area contributed by atoms with E-state index in [9.17, 15) is 0 Å². The highest BCUT2D eigenvalue weighted by atomic mass is 35.5. The van der Waals surface area contributed by atoms with Crippen LogP contribution in [0.25, 0.3) is 10.9 Å². The van der Waals surface area contributed by atoms with Gasteiger partial charge in [-0.15, -0.1) is 0 Å². The van der Waals surface area contributed by atoms with E-state index < -0.39 is 0 Å². The summed E-state index contributed by atoms with van der Waals surface area (Å²) in [5.74, 6) is 5.03. The molecular formula is C11H13ClN2O. The van der Waals surface area contributed by atoms with Crippen molar-refractivity contribution in [2.75, 3.05) is 6.61 Å². The van der Waals surface area contributed by atoms with Gasteiger partial charge in [0.15, 0.2) is 0 Å². The van der Waals surface area contributed by atoms with Gasteiger partial charge in [-0.05, 0) is 18.1 Å². The molecule has 4 heteroatoms. The zero-order chi connectivity index (χ0) is 10.8. The van der Waals surface area contributed by atoms with Gasteiger partial charge >= 0.3 is 0 Å². The molecule has 0 amide bonds. The molecule has 0 saturated carbocycles. The number of fused-ring (bicyclic) bond motifs is 1. The predicted molar refractivity (Wildman–Crippen MR) is 61.8 cm³/mol. The fourth-order valence-corrected chi connectivity index (χ4v) is 2.20. The minimum Gasteiger partial charge on any atom is -0.349 e. The van der Waals surface area contributed by atoms with Crippen molar-refractivity contribution in [1.82, 2.24) is 4.57 Å². The quantitative estimate of drug-likeness (QED) is 0.813. The molecule has 1 aromatic carbocycles. The Morgan fingerprint density at radius 2 is 2.27 bits per heavy atom. The Morgan fingerprint density at radius 1 is 1.47 bits per heavy atom. The third kappa shape index (κ3) is 1.86. The second kappa shape index (κ2) is 4.23. The Bertz CT molecular complexity index is 479. The van der Waals surface area contributed by atoms with E-state index >= 15 is 0 Å². The van der Waals surface area contributed by atoms with Crippen molar-refractivity contribution in [3.05, 3.63) is 35.0 Å². The highest BCUT2D eigenvalue weighted by Gasteiger charge is 2.08. The number of rotatable bonds is 3. The van der Waals surface area contributed by atoms with Gasteiger partial charge in [-0.3, -0.25) is 0 Å². The lowest BCUT2D eigenvalue weighted by Gasteiger charge is -2.03. The average molecular weight is 225 g/mol. The van der Waals surface area contributed by atoms with Crippen molar-refractivity contribution in [1.29, 1.82) is 0 Å². The van der Waals surface area contributed by atoms with Gasteiger partial charge in [-0.1, -0.05) is 23.7 Å². The Balaban J connectivity index is 2.54. The predicted octanol–water partition coefficient (Wildman–Crippen LogP) is 2.26. The number of aryl methyl sites for hydroxylation is 1. The fraction of sp³-hybridized carbons (Fsp3) is 0.273. The van der Waals surface area contributed by atoms with Gasteiger partial charge in [0.2, 0.25) is 0 Å². The first-order chi connectivity index (χ1) is 7.24. The number of aromatic nitrogens is 1. The zero-order valence-corrected chi connectivity index (χ0v) is 9.29. The van der Waals surface area contributed by atoms with E-state index in [2.05, 4.69) is 4.84 Å². The highest BCUT2D eigenvalue weighted by molar-refractivity contribution is 6.35. The molecule has 2 aromatic rings. The Labute approximate surface area is 93.3 Å². The van der Waals surface area contributed by atoms with Crippen LogP contribution in [0.15, 0.2) is 24.4 Å². The van der Waals surface area contributed by atoms with Crippen molar-refractivity contribution < 1.29 is 4.84 Å². The molecule has 0 aliphatic rings. The smallest absolute Gasteiger partial charge is 0.0719 e. The van der Waals surface area contributed by atoms with Crippen LogP contribution in [0.4, 0.5) is 0 Å². The minimum atomic E-state index is 0.504. The maximum Gasteiger partial charge on any atom is 0.0719 e. The molecule has 0 bridgehead atoms. The molecule has 0 fully saturated rings. The molecule has 0 radical (unpaired) electrons. The van der Waals surface area contributed by atoms with Gasteiger partial charge < -0.3 is 9.40 Å². The molecule has 0 saturated heterocycles. The van der Waals surface area contributed by atoms with Crippen LogP contribution in [0, 0.1) is 0 Å². The first-order valence-corrected chi connectivity index (χ1v) is 5.16. The van der Waals surface area contributed by atoms with Gasteiger partial charge in [0, 0.05) is 24.1 Å². The summed E-state index contributed by atoms with van der Waals surface area (Å²) in [6, 6.07) is 6.12. The van der Waals surface area contributed by atoms with Crippen LogP contribution >= 0.6 is 11.6 Å². The van der Waals surface area contributed by atoms with E-state index in [1.807, 2.05) is 36.0 Å². The summed E-state index contributed by atoms with van der Waals surface area (Å²) in [6.07, 6.45) is 2.69. The molecule has 80 valence electrons. The van der Waals surface area contributed by atoms with Crippen molar-refractivity contribution >= 4 is 22.5 Å². The van der Waals surface area contributed by atoms with Crippen LogP contribution in [0.2, 0.25) is 5.02 Å². The number of halogens is 1. The van der Waals surface area contributed by atoms with E-state index in [1.165, 1.54) is 5.56 Å². The van der Waals surface area contributed by atoms with Crippen molar-refractivity contribution in [2.45, 2.75) is 6.42 Å². The van der Waals surface area contributed by atoms with Crippen LogP contribution in [-0.2, 0) is 18.3 Å². The van der Waals surface area contributed by atoms with Gasteiger partial charge in [-0.2, -0.15) is 0 Å². The van der Waals surface area contributed by atoms with E-state index in [4.69, 9.17) is 17.5 Å². The molecule has 1 aromatic heterocycles. The Hall–Kier alpha value is -1.03. The highest BCUT2D eigenvalue weighted by Crippen LogP contribution is 2.28. The lowest BCUT2D eigenvalue weighted by Crippen LogP contribution is -2.03. The van der Waals surface area contributed by atoms with Crippen LogP contribution in [-0.4, -0.2) is 11.2 Å². The first kappa shape index (κ1) is 10.5. The van der Waals surface area contributed by atoms with E-state index in [0.29, 0.717) is 6.61 Å². The summed E-state index contributed by atoms with van der Waals surface area (Å²) < 4.78 is 2.02. The molecule has 0 aliphatic heterocycles. The molecule has 2 N–H and O–H groups in total. The minimum absolute atomic E-state index is 0.504. The number of nitrogens with two attached hydrogens (primary N) is 1. The molecule has 0 aliphatic carbocycles. The number of nitrogens with zero attached hydrogens (tertiary/aromatic N) is 1. The largest absolute Gasteiger partial charge is 0.349 e. The summed E-state index contributed by atoms with van der Waals surface area (Å²) in [5, 5.41) is 1.87. The molecule has 15 heavy (non-hydrogen) atoms. The normalized spacial score (nSPS) is 11.1. The molecule has 0 spiro atoms. The van der Waals surface area contributed by atoms with Gasteiger partial charge in [0.1, 0.15) is 0 Å². The third-order valence-corrected chi connectivity index (χ3v) is 2.83. The van der Waals surface area contributed by atoms with Crippen molar-refractivity contribution in [3.63, 3.8) is 0 Å². The zero-order valence-electron chi connectivity index (χ0n) is 8.53. The van der Waals surface area contributed by atoms with Crippen LogP contribution in [0.5, 0.6) is 0 Å². The summed E-state index contributed by atoms with van der Waals surface area (Å²) >= 11 is 6.17. The lowest BCUT2D eigenvalue weighted by molar-refractivity contribution is 0.141. The Morgan fingerprint density at radius 3 is 3.00 bits per heavy atom. The summed E-state index contributed by atoms with van der Waals surface area (Å²) in [5.41, 5.74) is 2.30. The average Bonchev–Trinajstić information content (AvgIpc) is 2.53. The van der Waals surface area contributed by atoms with Crippen LogP contribution < -0.4 is 5.90 Å². The first-order valence-electron chi connectivity index (χ1n) is 4.78. The SMILES string of the molecule is Cn1cc(Cl)c2c(CCON)cccc21. The summed E-state index contributed by atoms with van der Waals surface area (Å²) in [6.45, 7) is 0.504. The number of benzene rings is 1. The number of hydrogen-bond acceptors (Lipinski definition) is 2. The van der Waals surface area contributed by atoms with Gasteiger partial charge in [0.25, 0.3) is 0 Å². The maximum absolute atomic E-state index is 6.17. The fourth-order valence-electron chi connectivity index (χ4n) is 1.84. The summed E-state index contributed by atoms with van der Waals surface area (Å²) in [4.78, 5) is 4.59. The molecular weight excluding hydrogens is 212 g/mol. The van der Waals surface area contributed by atoms with Crippen LogP contribution in [0.1, 0.15) is 5.56 Å². The van der Waals surface area contributed by atoms with Crippen molar-refractivity contribution in [3.8, 4) is 0 Å². The summed E-state index contributed by atoms with van der Waals surface area (Å²) in [7, 11) is 1.98. The molecule has 0 unspecified atom stereocenters. The Kier molecular flexibility index (Phi) is 2.95. The van der Waals surface area contributed by atoms with E-state index in [1.54, 1.807) is 0 Å². The standard InChI is InChI=1S/C11H13ClN2O/c1-14-7-9(12)11-8(5-6-15-13)3-2-4-10(11)14/h2-4,7H,5-6,13H2,1H3. The maximum atomic E-state index is 6.17. The molecule has 0 atom stereocenters. The van der Waals surface area contributed by atoms with E-state index in [-0.39, 0.29) is 0 Å².